The van der Waals surface area contributed by atoms with Crippen molar-refractivity contribution in [2.24, 2.45) is 5.73 Å². The van der Waals surface area contributed by atoms with Gasteiger partial charge in [-0.25, -0.2) is 4.98 Å². The summed E-state index contributed by atoms with van der Waals surface area (Å²) in [5.74, 6) is -0.751. The fourth-order valence-electron chi connectivity index (χ4n) is 1.10. The number of nitrogens with one attached hydrogen (secondary N) is 1. The van der Waals surface area contributed by atoms with Crippen molar-refractivity contribution in [1.29, 1.82) is 0 Å². The maximum atomic E-state index is 10.7. The van der Waals surface area contributed by atoms with Crippen molar-refractivity contribution < 1.29 is 14.7 Å². The van der Waals surface area contributed by atoms with Gasteiger partial charge < -0.3 is 16.2 Å². The third-order valence-corrected chi connectivity index (χ3v) is 1.92. The van der Waals surface area contributed by atoms with Gasteiger partial charge in [0, 0.05) is 19.2 Å². The first-order chi connectivity index (χ1) is 7.59. The number of anilines is 1. The average Bonchev–Trinajstić information content (AvgIpc) is 2.25. The summed E-state index contributed by atoms with van der Waals surface area (Å²) in [6.07, 6.45) is 2.02. The van der Waals surface area contributed by atoms with E-state index in [2.05, 4.69) is 10.3 Å². The summed E-state index contributed by atoms with van der Waals surface area (Å²) in [5.41, 5.74) is 5.40. The number of nitrogens with two attached hydrogens (primary N) is 1. The zero-order valence-corrected chi connectivity index (χ0v) is 8.64. The molecule has 0 aliphatic carbocycles. The van der Waals surface area contributed by atoms with Crippen molar-refractivity contribution in [2.75, 3.05) is 11.9 Å². The number of amides is 1. The molecule has 0 unspecified atom stereocenters. The molecule has 0 bridgehead atoms. The minimum Gasteiger partial charge on any atom is -0.481 e. The molecule has 1 rings (SSSR count). The molecular weight excluding hydrogens is 210 g/mol. The summed E-state index contributed by atoms with van der Waals surface area (Å²) >= 11 is 0. The van der Waals surface area contributed by atoms with E-state index in [1.54, 1.807) is 12.1 Å². The normalized spacial score (nSPS) is 9.75. The number of hydrogen-bond acceptors (Lipinski definition) is 4. The first kappa shape index (κ1) is 12.0. The zero-order valence-electron chi connectivity index (χ0n) is 8.64. The number of pyridine rings is 1. The van der Waals surface area contributed by atoms with Gasteiger partial charge in [0.25, 0.3) is 0 Å². The number of carboxylic acids is 1. The van der Waals surface area contributed by atoms with Crippen LogP contribution in [0.1, 0.15) is 23.2 Å². The Morgan fingerprint density at radius 1 is 1.44 bits per heavy atom. The van der Waals surface area contributed by atoms with Crippen LogP contribution in [0.25, 0.3) is 0 Å². The van der Waals surface area contributed by atoms with E-state index < -0.39 is 11.9 Å². The molecule has 0 aliphatic heterocycles. The lowest BCUT2D eigenvalue weighted by molar-refractivity contribution is -0.137. The van der Waals surface area contributed by atoms with Gasteiger partial charge in [0.05, 0.1) is 5.56 Å². The van der Waals surface area contributed by atoms with Crippen LogP contribution >= 0.6 is 0 Å². The van der Waals surface area contributed by atoms with E-state index in [0.717, 1.165) is 0 Å². The van der Waals surface area contributed by atoms with E-state index >= 15 is 0 Å². The van der Waals surface area contributed by atoms with Gasteiger partial charge in [-0.3, -0.25) is 9.59 Å². The monoisotopic (exact) mass is 223 g/mol. The van der Waals surface area contributed by atoms with Crippen LogP contribution in [0.3, 0.4) is 0 Å². The van der Waals surface area contributed by atoms with Gasteiger partial charge in [-0.2, -0.15) is 0 Å². The summed E-state index contributed by atoms with van der Waals surface area (Å²) in [6, 6.07) is 3.19. The third-order valence-electron chi connectivity index (χ3n) is 1.92. The van der Waals surface area contributed by atoms with E-state index in [4.69, 9.17) is 10.8 Å². The lowest BCUT2D eigenvalue weighted by atomic mass is 10.2. The first-order valence-electron chi connectivity index (χ1n) is 4.81. The average molecular weight is 223 g/mol. The van der Waals surface area contributed by atoms with Gasteiger partial charge in [0.2, 0.25) is 5.91 Å². The molecule has 0 spiro atoms. The number of carbonyl (C=O) groups is 2. The van der Waals surface area contributed by atoms with Crippen molar-refractivity contribution >= 4 is 17.7 Å². The molecular formula is C10H13N3O3. The number of carboxylic acid groups (broad SMARTS) is 1. The highest BCUT2D eigenvalue weighted by Gasteiger charge is 2.01. The lowest BCUT2D eigenvalue weighted by Gasteiger charge is -2.04. The molecule has 4 N–H and O–H groups in total. The van der Waals surface area contributed by atoms with Crippen molar-refractivity contribution in [3.05, 3.63) is 23.9 Å². The Bertz CT molecular complexity index is 375. The maximum absolute atomic E-state index is 10.7. The summed E-state index contributed by atoms with van der Waals surface area (Å²) in [5, 5.41) is 11.4. The predicted molar refractivity (Wildman–Crippen MR) is 58.1 cm³/mol. The highest BCUT2D eigenvalue weighted by atomic mass is 16.4. The van der Waals surface area contributed by atoms with Crippen LogP contribution in [-0.4, -0.2) is 28.5 Å². The smallest absolute Gasteiger partial charge is 0.303 e. The quantitative estimate of drug-likeness (QED) is 0.607. The fraction of sp³-hybridized carbons (Fsp3) is 0.300. The molecule has 0 fully saturated rings. The van der Waals surface area contributed by atoms with Gasteiger partial charge in [-0.15, -0.1) is 0 Å². The summed E-state index contributed by atoms with van der Waals surface area (Å²) in [7, 11) is 0. The minimum atomic E-state index is -0.821. The number of hydrogen-bond donors (Lipinski definition) is 3. The predicted octanol–water partition coefficient (Wildman–Crippen LogP) is 0.457. The Morgan fingerprint density at radius 2 is 2.19 bits per heavy atom. The van der Waals surface area contributed by atoms with Crippen LogP contribution in [0.15, 0.2) is 18.3 Å². The summed E-state index contributed by atoms with van der Waals surface area (Å²) in [4.78, 5) is 24.9. The van der Waals surface area contributed by atoms with E-state index in [0.29, 0.717) is 24.3 Å². The van der Waals surface area contributed by atoms with Crippen LogP contribution < -0.4 is 11.1 Å². The highest BCUT2D eigenvalue weighted by Crippen LogP contribution is 2.04. The first-order valence-corrected chi connectivity index (χ1v) is 4.81. The van der Waals surface area contributed by atoms with E-state index in [9.17, 15) is 9.59 Å². The van der Waals surface area contributed by atoms with Crippen LogP contribution in [0.4, 0.5) is 5.82 Å². The largest absolute Gasteiger partial charge is 0.481 e. The van der Waals surface area contributed by atoms with Gasteiger partial charge in [0.15, 0.2) is 0 Å². The summed E-state index contributed by atoms with van der Waals surface area (Å²) < 4.78 is 0. The number of primary amides is 1. The second kappa shape index (κ2) is 5.69. The molecule has 0 radical (unpaired) electrons. The standard InChI is InChI=1S/C10H13N3O3/c11-10(16)7-3-4-8(13-6-7)12-5-1-2-9(14)15/h3-4,6H,1-2,5H2,(H2,11,16)(H,12,13)(H,14,15). The molecule has 1 heterocycles. The van der Waals surface area contributed by atoms with Crippen LogP contribution in [0.5, 0.6) is 0 Å². The SMILES string of the molecule is NC(=O)c1ccc(NCCCC(=O)O)nc1. The lowest BCUT2D eigenvalue weighted by Crippen LogP contribution is -2.12. The van der Waals surface area contributed by atoms with E-state index in [1.807, 2.05) is 0 Å². The summed E-state index contributed by atoms with van der Waals surface area (Å²) in [6.45, 7) is 0.523. The highest BCUT2D eigenvalue weighted by molar-refractivity contribution is 5.92. The molecule has 1 aromatic rings. The molecule has 1 amide bonds. The zero-order chi connectivity index (χ0) is 12.0. The Morgan fingerprint density at radius 3 is 2.69 bits per heavy atom. The van der Waals surface area contributed by atoms with Crippen molar-refractivity contribution in [3.63, 3.8) is 0 Å². The van der Waals surface area contributed by atoms with Crippen LogP contribution in [0, 0.1) is 0 Å². The third kappa shape index (κ3) is 3.95. The van der Waals surface area contributed by atoms with Gasteiger partial charge in [0.1, 0.15) is 5.82 Å². The molecule has 86 valence electrons. The molecule has 16 heavy (non-hydrogen) atoms. The maximum Gasteiger partial charge on any atom is 0.303 e. The van der Waals surface area contributed by atoms with Crippen molar-refractivity contribution in [2.45, 2.75) is 12.8 Å². The van der Waals surface area contributed by atoms with E-state index in [-0.39, 0.29) is 6.42 Å². The Balaban J connectivity index is 2.38. The molecule has 1 aromatic heterocycles. The van der Waals surface area contributed by atoms with Gasteiger partial charge in [-0.1, -0.05) is 0 Å². The van der Waals surface area contributed by atoms with Gasteiger partial charge in [-0.05, 0) is 18.6 Å². The second-order valence-electron chi connectivity index (χ2n) is 3.22. The number of rotatable bonds is 6. The van der Waals surface area contributed by atoms with E-state index in [1.165, 1.54) is 6.20 Å². The van der Waals surface area contributed by atoms with Crippen molar-refractivity contribution in [1.82, 2.24) is 4.98 Å². The Labute approximate surface area is 92.5 Å². The fourth-order valence-corrected chi connectivity index (χ4v) is 1.10. The Hall–Kier alpha value is -2.11. The Kier molecular flexibility index (Phi) is 4.26. The number of carbonyl (C=O) groups excluding carboxylic acids is 1. The number of aliphatic carboxylic acids is 1. The molecule has 0 atom stereocenters. The minimum absolute atomic E-state index is 0.117. The van der Waals surface area contributed by atoms with Crippen LogP contribution in [0.2, 0.25) is 0 Å². The van der Waals surface area contributed by atoms with Crippen LogP contribution in [-0.2, 0) is 4.79 Å². The van der Waals surface area contributed by atoms with Gasteiger partial charge >= 0.3 is 5.97 Å². The number of aromatic nitrogens is 1. The number of nitrogens with zero attached hydrogens (tertiary/aromatic N) is 1. The molecule has 0 aliphatic rings. The molecule has 0 saturated carbocycles. The molecule has 6 nitrogen and oxygen atoms in total. The topological polar surface area (TPSA) is 105 Å². The molecule has 6 heteroatoms. The second-order valence-corrected chi connectivity index (χ2v) is 3.22. The van der Waals surface area contributed by atoms with Crippen molar-refractivity contribution in [3.8, 4) is 0 Å². The molecule has 0 aromatic carbocycles. The molecule has 0 saturated heterocycles.